The minimum atomic E-state index is -0.598. The summed E-state index contributed by atoms with van der Waals surface area (Å²) in [4.78, 5) is 11.5. The summed E-state index contributed by atoms with van der Waals surface area (Å²) >= 11 is 0. The number of esters is 1. The zero-order chi connectivity index (χ0) is 12.4. The van der Waals surface area contributed by atoms with Gasteiger partial charge in [0.1, 0.15) is 0 Å². The first-order chi connectivity index (χ1) is 7.60. The van der Waals surface area contributed by atoms with Crippen molar-refractivity contribution in [1.82, 2.24) is 0 Å². The Bertz CT molecular complexity index is 198. The molecule has 96 valence electrons. The molecule has 0 radical (unpaired) electrons. The van der Waals surface area contributed by atoms with E-state index >= 15 is 0 Å². The Labute approximate surface area is 97.2 Å². The van der Waals surface area contributed by atoms with Crippen molar-refractivity contribution in [3.63, 3.8) is 0 Å². The minimum absolute atomic E-state index is 0.258. The van der Waals surface area contributed by atoms with Gasteiger partial charge in [-0.05, 0) is 19.8 Å². The van der Waals surface area contributed by atoms with Crippen LogP contribution < -0.4 is 5.73 Å². The van der Waals surface area contributed by atoms with E-state index in [-0.39, 0.29) is 12.5 Å². The van der Waals surface area contributed by atoms with Gasteiger partial charge >= 0.3 is 5.97 Å². The molecule has 0 saturated carbocycles. The lowest BCUT2D eigenvalue weighted by Gasteiger charge is -2.24. The molecule has 0 aromatic heterocycles. The normalized spacial score (nSPS) is 14.5. The highest BCUT2D eigenvalue weighted by Crippen LogP contribution is 2.23. The molecule has 0 saturated heterocycles. The van der Waals surface area contributed by atoms with Crippen LogP contribution in [0.5, 0.6) is 0 Å². The Balaban J connectivity index is 3.74. The first-order valence-electron chi connectivity index (χ1n) is 5.46. The van der Waals surface area contributed by atoms with Crippen LogP contribution in [0, 0.1) is 5.41 Å². The Hall–Kier alpha value is -0.650. The highest BCUT2D eigenvalue weighted by Gasteiger charge is 2.32. The van der Waals surface area contributed by atoms with Gasteiger partial charge in [-0.15, -0.1) is 0 Å². The van der Waals surface area contributed by atoms with Crippen LogP contribution in [0.4, 0.5) is 0 Å². The van der Waals surface area contributed by atoms with Gasteiger partial charge in [0, 0.05) is 20.3 Å². The van der Waals surface area contributed by atoms with Gasteiger partial charge in [-0.3, -0.25) is 4.79 Å². The SMILES string of the molecule is COCCOCCCC(C)(CN)C(=O)OC. The smallest absolute Gasteiger partial charge is 0.312 e. The van der Waals surface area contributed by atoms with Crippen LogP contribution in [0.3, 0.4) is 0 Å². The van der Waals surface area contributed by atoms with E-state index in [1.54, 1.807) is 7.11 Å². The molecular weight excluding hydrogens is 210 g/mol. The molecular formula is C11H23NO4. The number of nitrogens with two attached hydrogens (primary N) is 1. The van der Waals surface area contributed by atoms with Crippen molar-refractivity contribution < 1.29 is 19.0 Å². The minimum Gasteiger partial charge on any atom is -0.469 e. The van der Waals surface area contributed by atoms with Gasteiger partial charge in [-0.1, -0.05) is 0 Å². The first-order valence-corrected chi connectivity index (χ1v) is 5.46. The molecule has 0 aliphatic carbocycles. The summed E-state index contributed by atoms with van der Waals surface area (Å²) in [6.07, 6.45) is 1.45. The summed E-state index contributed by atoms with van der Waals surface area (Å²) in [6, 6.07) is 0. The molecule has 0 heterocycles. The standard InChI is InChI=1S/C11H23NO4/c1-11(9-12,10(13)15-3)5-4-6-16-8-7-14-2/h4-9,12H2,1-3H3. The molecule has 0 bridgehead atoms. The second-order valence-corrected chi connectivity index (χ2v) is 3.97. The second-order valence-electron chi connectivity index (χ2n) is 3.97. The van der Waals surface area contributed by atoms with Crippen LogP contribution in [0.2, 0.25) is 0 Å². The second kappa shape index (κ2) is 8.50. The van der Waals surface area contributed by atoms with Gasteiger partial charge in [0.2, 0.25) is 0 Å². The van der Waals surface area contributed by atoms with Crippen molar-refractivity contribution in [2.45, 2.75) is 19.8 Å². The van der Waals surface area contributed by atoms with Crippen molar-refractivity contribution in [2.24, 2.45) is 11.1 Å². The number of hydrogen-bond acceptors (Lipinski definition) is 5. The predicted molar refractivity (Wildman–Crippen MR) is 61.1 cm³/mol. The monoisotopic (exact) mass is 233 g/mol. The van der Waals surface area contributed by atoms with Gasteiger partial charge in [-0.25, -0.2) is 0 Å². The van der Waals surface area contributed by atoms with Crippen molar-refractivity contribution in [2.75, 3.05) is 40.6 Å². The molecule has 0 aliphatic rings. The van der Waals surface area contributed by atoms with E-state index in [1.807, 2.05) is 6.92 Å². The fraction of sp³-hybridized carbons (Fsp3) is 0.909. The molecule has 5 nitrogen and oxygen atoms in total. The van der Waals surface area contributed by atoms with E-state index < -0.39 is 5.41 Å². The molecule has 0 aliphatic heterocycles. The van der Waals surface area contributed by atoms with Crippen molar-refractivity contribution in [1.29, 1.82) is 0 Å². The molecule has 2 N–H and O–H groups in total. The van der Waals surface area contributed by atoms with Crippen molar-refractivity contribution >= 4 is 5.97 Å². The molecule has 0 spiro atoms. The zero-order valence-electron chi connectivity index (χ0n) is 10.5. The quantitative estimate of drug-likeness (QED) is 0.465. The van der Waals surface area contributed by atoms with E-state index in [9.17, 15) is 4.79 Å². The third kappa shape index (κ3) is 5.44. The molecule has 1 atom stereocenters. The van der Waals surface area contributed by atoms with E-state index in [2.05, 4.69) is 0 Å². The van der Waals surface area contributed by atoms with Crippen LogP contribution in [-0.4, -0.2) is 46.6 Å². The van der Waals surface area contributed by atoms with Gasteiger partial charge < -0.3 is 19.9 Å². The lowest BCUT2D eigenvalue weighted by Crippen LogP contribution is -2.37. The van der Waals surface area contributed by atoms with E-state index in [0.717, 1.165) is 6.42 Å². The van der Waals surface area contributed by atoms with Gasteiger partial charge in [0.25, 0.3) is 0 Å². The third-order valence-corrected chi connectivity index (χ3v) is 2.58. The number of carbonyl (C=O) groups is 1. The van der Waals surface area contributed by atoms with E-state index in [1.165, 1.54) is 7.11 Å². The number of rotatable bonds is 9. The topological polar surface area (TPSA) is 70.8 Å². The predicted octanol–water partition coefficient (Wildman–Crippen LogP) is 0.568. The molecule has 5 heteroatoms. The molecule has 0 aromatic carbocycles. The average molecular weight is 233 g/mol. The van der Waals surface area contributed by atoms with Crippen LogP contribution in [-0.2, 0) is 19.0 Å². The summed E-state index contributed by atoms with van der Waals surface area (Å²) in [5.41, 5.74) is 4.99. The van der Waals surface area contributed by atoms with Gasteiger partial charge in [-0.2, -0.15) is 0 Å². The summed E-state index contributed by atoms with van der Waals surface area (Å²) in [5.74, 6) is -0.258. The molecule has 0 amide bonds. The van der Waals surface area contributed by atoms with Crippen LogP contribution in [0.25, 0.3) is 0 Å². The number of methoxy groups -OCH3 is 2. The summed E-state index contributed by atoms with van der Waals surface area (Å²) < 4.78 is 14.9. The maximum Gasteiger partial charge on any atom is 0.312 e. The highest BCUT2D eigenvalue weighted by atomic mass is 16.5. The Morgan fingerprint density at radius 3 is 2.44 bits per heavy atom. The van der Waals surface area contributed by atoms with Crippen molar-refractivity contribution in [3.05, 3.63) is 0 Å². The van der Waals surface area contributed by atoms with Crippen molar-refractivity contribution in [3.8, 4) is 0 Å². The zero-order valence-corrected chi connectivity index (χ0v) is 10.5. The molecule has 0 rings (SSSR count). The maximum atomic E-state index is 11.5. The third-order valence-electron chi connectivity index (χ3n) is 2.58. The van der Waals surface area contributed by atoms with Gasteiger partial charge in [0.05, 0.1) is 25.7 Å². The lowest BCUT2D eigenvalue weighted by molar-refractivity contribution is -0.151. The summed E-state index contributed by atoms with van der Waals surface area (Å²) in [6.45, 7) is 3.88. The summed E-state index contributed by atoms with van der Waals surface area (Å²) in [7, 11) is 3.01. The number of ether oxygens (including phenoxy) is 3. The van der Waals surface area contributed by atoms with Crippen LogP contribution in [0.1, 0.15) is 19.8 Å². The van der Waals surface area contributed by atoms with Crippen LogP contribution in [0.15, 0.2) is 0 Å². The fourth-order valence-electron chi connectivity index (χ4n) is 1.34. The fourth-order valence-corrected chi connectivity index (χ4v) is 1.34. The Morgan fingerprint density at radius 1 is 1.25 bits per heavy atom. The lowest BCUT2D eigenvalue weighted by atomic mass is 9.86. The number of carbonyl (C=O) groups excluding carboxylic acids is 1. The first kappa shape index (κ1) is 15.3. The molecule has 0 fully saturated rings. The van der Waals surface area contributed by atoms with Crippen LogP contribution >= 0.6 is 0 Å². The molecule has 16 heavy (non-hydrogen) atoms. The maximum absolute atomic E-state index is 11.5. The number of hydrogen-bond donors (Lipinski definition) is 1. The Kier molecular flexibility index (Phi) is 8.15. The average Bonchev–Trinajstić information content (AvgIpc) is 2.32. The Morgan fingerprint density at radius 2 is 1.94 bits per heavy atom. The van der Waals surface area contributed by atoms with Gasteiger partial charge in [0.15, 0.2) is 0 Å². The largest absolute Gasteiger partial charge is 0.469 e. The highest BCUT2D eigenvalue weighted by molar-refractivity contribution is 5.76. The van der Waals surface area contributed by atoms with E-state index in [4.69, 9.17) is 19.9 Å². The summed E-state index contributed by atoms with van der Waals surface area (Å²) in [5, 5.41) is 0. The molecule has 0 aromatic rings. The van der Waals surface area contributed by atoms with E-state index in [0.29, 0.717) is 26.2 Å². The molecule has 1 unspecified atom stereocenters.